The van der Waals surface area contributed by atoms with Crippen molar-refractivity contribution in [2.24, 2.45) is 0 Å². The second-order valence-electron chi connectivity index (χ2n) is 7.09. The molecule has 7 nitrogen and oxygen atoms in total. The second kappa shape index (κ2) is 9.59. The first-order valence-corrected chi connectivity index (χ1v) is 9.88. The summed E-state index contributed by atoms with van der Waals surface area (Å²) in [6, 6.07) is 16.7. The summed E-state index contributed by atoms with van der Waals surface area (Å²) in [5.41, 5.74) is 0.878. The lowest BCUT2D eigenvalue weighted by Gasteiger charge is -2.47. The van der Waals surface area contributed by atoms with Gasteiger partial charge in [-0.05, 0) is 24.3 Å². The van der Waals surface area contributed by atoms with Crippen molar-refractivity contribution >= 4 is 0 Å². The van der Waals surface area contributed by atoms with E-state index < -0.39 is 37.0 Å². The van der Waals surface area contributed by atoms with Gasteiger partial charge in [-0.15, -0.1) is 6.58 Å². The largest absolute Gasteiger partial charge is 0.497 e. The number of rotatable bonds is 7. The Morgan fingerprint density at radius 2 is 1.80 bits per heavy atom. The third-order valence-corrected chi connectivity index (χ3v) is 5.10. The lowest BCUT2D eigenvalue weighted by molar-refractivity contribution is -0.353. The van der Waals surface area contributed by atoms with Crippen LogP contribution in [0.4, 0.5) is 0 Å². The molecule has 0 bridgehead atoms. The summed E-state index contributed by atoms with van der Waals surface area (Å²) in [5.74, 6) is 1.28. The Morgan fingerprint density at radius 3 is 2.50 bits per heavy atom. The Kier molecular flexibility index (Phi) is 6.66. The van der Waals surface area contributed by atoms with Gasteiger partial charge in [0.1, 0.15) is 35.9 Å². The number of benzene rings is 2. The average molecular weight is 414 g/mol. The lowest BCUT2D eigenvalue weighted by atomic mass is 9.97. The van der Waals surface area contributed by atoms with Gasteiger partial charge in [0.2, 0.25) is 6.29 Å². The van der Waals surface area contributed by atoms with Crippen LogP contribution in [0.1, 0.15) is 11.9 Å². The minimum absolute atomic E-state index is 0.240. The van der Waals surface area contributed by atoms with E-state index in [0.717, 1.165) is 5.56 Å². The monoisotopic (exact) mass is 414 g/mol. The van der Waals surface area contributed by atoms with Crippen molar-refractivity contribution in [1.82, 2.24) is 0 Å². The quantitative estimate of drug-likeness (QED) is 0.698. The maximum Gasteiger partial charge on any atom is 0.229 e. The number of ether oxygens (including phenoxy) is 6. The summed E-state index contributed by atoms with van der Waals surface area (Å²) in [5, 5.41) is 11.1. The van der Waals surface area contributed by atoms with Crippen LogP contribution in [0.25, 0.3) is 0 Å². The Balaban J connectivity index is 1.50. The van der Waals surface area contributed by atoms with Crippen LogP contribution < -0.4 is 9.47 Å². The van der Waals surface area contributed by atoms with Crippen LogP contribution in [-0.2, 0) is 18.9 Å². The van der Waals surface area contributed by atoms with E-state index in [1.807, 2.05) is 30.3 Å². The predicted octanol–water partition coefficient (Wildman–Crippen LogP) is 2.85. The fourth-order valence-corrected chi connectivity index (χ4v) is 3.59. The first-order valence-electron chi connectivity index (χ1n) is 9.88. The summed E-state index contributed by atoms with van der Waals surface area (Å²) in [6.45, 7) is 4.18. The molecule has 0 aromatic heterocycles. The van der Waals surface area contributed by atoms with Gasteiger partial charge in [-0.25, -0.2) is 0 Å². The van der Waals surface area contributed by atoms with Crippen molar-refractivity contribution in [2.75, 3.05) is 20.3 Å². The van der Waals surface area contributed by atoms with E-state index >= 15 is 0 Å². The van der Waals surface area contributed by atoms with Gasteiger partial charge in [-0.3, -0.25) is 0 Å². The number of aliphatic hydroxyl groups excluding tert-OH is 1. The van der Waals surface area contributed by atoms with E-state index in [1.165, 1.54) is 0 Å². The fraction of sp³-hybridized carbons (Fsp3) is 0.391. The van der Waals surface area contributed by atoms with Gasteiger partial charge in [-0.2, -0.15) is 0 Å². The molecule has 2 heterocycles. The molecule has 6 atom stereocenters. The highest BCUT2D eigenvalue weighted by Gasteiger charge is 2.51. The molecule has 2 aliphatic rings. The number of hydrogen-bond donors (Lipinski definition) is 1. The molecule has 0 saturated carbocycles. The molecule has 0 spiro atoms. The standard InChI is InChI=1S/C23H26O7/c1-3-13-26-21-19(24)20-18(14-27-22(30-20)15-7-5-4-6-8-15)29-23(21)28-17-11-9-16(25-2)10-12-17/h3-12,18-24H,1,13-14H2,2H3/t18?,19?,20-,21?,22?,23+/m0/s1. The van der Waals surface area contributed by atoms with Crippen molar-refractivity contribution in [1.29, 1.82) is 0 Å². The molecule has 4 rings (SSSR count). The van der Waals surface area contributed by atoms with E-state index in [9.17, 15) is 5.11 Å². The topological polar surface area (TPSA) is 75.6 Å². The zero-order valence-corrected chi connectivity index (χ0v) is 16.8. The number of methoxy groups -OCH3 is 1. The highest BCUT2D eigenvalue weighted by Crippen LogP contribution is 2.35. The van der Waals surface area contributed by atoms with Gasteiger partial charge in [0.25, 0.3) is 0 Å². The number of aliphatic hydroxyl groups is 1. The molecule has 0 aliphatic carbocycles. The maximum atomic E-state index is 11.1. The van der Waals surface area contributed by atoms with Gasteiger partial charge < -0.3 is 33.5 Å². The molecular formula is C23H26O7. The SMILES string of the molecule is C=CCOC1C(O)[C@H]2OC(c3ccccc3)OCC2O[C@H]1Oc1ccc(OC)cc1. The van der Waals surface area contributed by atoms with E-state index in [1.54, 1.807) is 37.5 Å². The first kappa shape index (κ1) is 20.8. The summed E-state index contributed by atoms with van der Waals surface area (Å²) >= 11 is 0. The Morgan fingerprint density at radius 1 is 1.07 bits per heavy atom. The zero-order valence-electron chi connectivity index (χ0n) is 16.8. The van der Waals surface area contributed by atoms with Gasteiger partial charge in [0.05, 0.1) is 20.3 Å². The molecule has 4 unspecified atom stereocenters. The highest BCUT2D eigenvalue weighted by atomic mass is 16.8. The molecular weight excluding hydrogens is 388 g/mol. The molecule has 1 N–H and O–H groups in total. The Bertz CT molecular complexity index is 810. The Labute approximate surface area is 175 Å². The highest BCUT2D eigenvalue weighted by molar-refractivity contribution is 5.31. The average Bonchev–Trinajstić information content (AvgIpc) is 2.80. The molecule has 2 saturated heterocycles. The predicted molar refractivity (Wildman–Crippen MR) is 108 cm³/mol. The summed E-state index contributed by atoms with van der Waals surface area (Å²) in [4.78, 5) is 0. The third kappa shape index (κ3) is 4.50. The number of hydrogen-bond acceptors (Lipinski definition) is 7. The Hall–Kier alpha value is -2.42. The van der Waals surface area contributed by atoms with Crippen LogP contribution in [0, 0.1) is 0 Å². The summed E-state index contributed by atoms with van der Waals surface area (Å²) in [6.07, 6.45) is -2.65. The zero-order chi connectivity index (χ0) is 20.9. The molecule has 0 radical (unpaired) electrons. The van der Waals surface area contributed by atoms with Crippen molar-refractivity contribution in [3.63, 3.8) is 0 Å². The first-order chi connectivity index (χ1) is 14.7. The lowest BCUT2D eigenvalue weighted by Crippen LogP contribution is -2.63. The molecule has 7 heteroatoms. The second-order valence-corrected chi connectivity index (χ2v) is 7.09. The minimum atomic E-state index is -0.970. The molecule has 2 aromatic carbocycles. The van der Waals surface area contributed by atoms with E-state index in [0.29, 0.717) is 11.5 Å². The van der Waals surface area contributed by atoms with Gasteiger partial charge in [0.15, 0.2) is 6.29 Å². The third-order valence-electron chi connectivity index (χ3n) is 5.10. The molecule has 2 aliphatic heterocycles. The van der Waals surface area contributed by atoms with Crippen molar-refractivity contribution in [3.05, 3.63) is 72.8 Å². The van der Waals surface area contributed by atoms with Crippen LogP contribution in [0.2, 0.25) is 0 Å². The van der Waals surface area contributed by atoms with Crippen LogP contribution in [-0.4, -0.2) is 56.1 Å². The fourth-order valence-electron chi connectivity index (χ4n) is 3.59. The minimum Gasteiger partial charge on any atom is -0.497 e. The summed E-state index contributed by atoms with van der Waals surface area (Å²) < 4.78 is 34.9. The van der Waals surface area contributed by atoms with Crippen LogP contribution in [0.15, 0.2) is 67.3 Å². The molecule has 160 valence electrons. The van der Waals surface area contributed by atoms with Crippen molar-refractivity contribution in [3.8, 4) is 11.5 Å². The smallest absolute Gasteiger partial charge is 0.229 e. The van der Waals surface area contributed by atoms with Crippen molar-refractivity contribution in [2.45, 2.75) is 37.0 Å². The van der Waals surface area contributed by atoms with E-state index in [4.69, 9.17) is 28.4 Å². The molecule has 2 fully saturated rings. The van der Waals surface area contributed by atoms with Crippen LogP contribution >= 0.6 is 0 Å². The molecule has 30 heavy (non-hydrogen) atoms. The molecule has 2 aromatic rings. The number of fused-ring (bicyclic) bond motifs is 1. The maximum absolute atomic E-state index is 11.1. The van der Waals surface area contributed by atoms with Gasteiger partial charge in [-0.1, -0.05) is 36.4 Å². The normalized spacial score (nSPS) is 30.9. The van der Waals surface area contributed by atoms with Crippen LogP contribution in [0.5, 0.6) is 11.5 Å². The van der Waals surface area contributed by atoms with Gasteiger partial charge >= 0.3 is 0 Å². The summed E-state index contributed by atoms with van der Waals surface area (Å²) in [7, 11) is 1.60. The van der Waals surface area contributed by atoms with Gasteiger partial charge in [0, 0.05) is 5.56 Å². The van der Waals surface area contributed by atoms with Crippen LogP contribution in [0.3, 0.4) is 0 Å². The van der Waals surface area contributed by atoms with E-state index in [2.05, 4.69) is 6.58 Å². The van der Waals surface area contributed by atoms with E-state index in [-0.39, 0.29) is 13.2 Å². The molecule has 0 amide bonds. The van der Waals surface area contributed by atoms with Crippen molar-refractivity contribution < 1.29 is 33.5 Å².